The fraction of sp³-hybridized carbons (Fsp3) is 0.677. The zero-order valence-corrected chi connectivity index (χ0v) is 31.5. The van der Waals surface area contributed by atoms with E-state index in [-0.39, 0.29) is 11.5 Å². The van der Waals surface area contributed by atoms with Gasteiger partial charge in [-0.1, -0.05) is 39.8 Å². The molecule has 0 amide bonds. The summed E-state index contributed by atoms with van der Waals surface area (Å²) in [6, 6.07) is 2.38. The molecule has 5 heterocycles. The Morgan fingerprint density at radius 2 is 1.50 bits per heavy atom. The molecule has 0 aliphatic carbocycles. The Morgan fingerprint density at radius 3 is 2.02 bits per heavy atom. The summed E-state index contributed by atoms with van der Waals surface area (Å²) in [5.74, 6) is -0.432. The van der Waals surface area contributed by atoms with E-state index in [4.69, 9.17) is 36.9 Å². The third kappa shape index (κ3) is 7.28. The third-order valence-corrected chi connectivity index (χ3v) is 15.9. The van der Waals surface area contributed by atoms with Gasteiger partial charge in [0.05, 0.1) is 12.7 Å². The van der Waals surface area contributed by atoms with Crippen molar-refractivity contribution >= 4 is 16.1 Å². The number of methoxy groups -OCH3 is 2. The van der Waals surface area contributed by atoms with Crippen LogP contribution in [-0.4, -0.2) is 91.5 Å². The molecule has 2 aromatic heterocycles. The maximum Gasteiger partial charge on any atom is 0.475 e. The maximum absolute atomic E-state index is 14.4. The number of hydrogen-bond donors (Lipinski definition) is 2. The minimum absolute atomic E-state index is 0.128. The van der Waals surface area contributed by atoms with Crippen molar-refractivity contribution in [1.29, 1.82) is 0 Å². The molecule has 278 valence electrons. The molecule has 10 atom stereocenters. The fourth-order valence-corrected chi connectivity index (χ4v) is 8.78. The largest absolute Gasteiger partial charge is 0.475 e. The summed E-state index contributed by atoms with van der Waals surface area (Å²) in [7, 11) is -3.02. The first-order chi connectivity index (χ1) is 23.4. The number of ether oxygens (including phenoxy) is 4. The van der Waals surface area contributed by atoms with Crippen molar-refractivity contribution in [1.82, 2.24) is 19.1 Å². The lowest BCUT2D eigenvalue weighted by Gasteiger charge is -2.43. The normalized spacial score (nSPS) is 35.9. The summed E-state index contributed by atoms with van der Waals surface area (Å²) in [5, 5.41) is -0.253. The lowest BCUT2D eigenvalue weighted by molar-refractivity contribution is -0.126. The van der Waals surface area contributed by atoms with Gasteiger partial charge in [0.1, 0.15) is 30.0 Å². The van der Waals surface area contributed by atoms with Crippen molar-refractivity contribution in [2.24, 2.45) is 5.92 Å². The van der Waals surface area contributed by atoms with E-state index in [1.54, 1.807) is 0 Å². The highest BCUT2D eigenvalue weighted by Crippen LogP contribution is 2.56. The molecule has 0 aromatic carbocycles. The van der Waals surface area contributed by atoms with Crippen LogP contribution in [0.1, 0.15) is 46.6 Å². The highest BCUT2D eigenvalue weighted by molar-refractivity contribution is 7.48. The van der Waals surface area contributed by atoms with E-state index >= 15 is 0 Å². The van der Waals surface area contributed by atoms with Gasteiger partial charge in [0.2, 0.25) is 0 Å². The molecule has 2 fully saturated rings. The number of aromatic nitrogens is 4. The topological polar surface area (TPSA) is 201 Å². The van der Waals surface area contributed by atoms with Crippen molar-refractivity contribution in [2.75, 3.05) is 27.9 Å². The molecule has 2 saturated heterocycles. The first-order valence-corrected chi connectivity index (χ1v) is 20.6. The molecule has 2 N–H and O–H groups in total. The van der Waals surface area contributed by atoms with Crippen LogP contribution in [0.3, 0.4) is 0 Å². The van der Waals surface area contributed by atoms with E-state index in [0.717, 1.165) is 0 Å². The summed E-state index contributed by atoms with van der Waals surface area (Å²) in [5.41, 5.74) is -4.02. The lowest BCUT2D eigenvalue weighted by Crippen LogP contribution is -2.55. The van der Waals surface area contributed by atoms with Crippen LogP contribution in [-0.2, 0) is 41.5 Å². The van der Waals surface area contributed by atoms with E-state index in [1.165, 1.54) is 55.0 Å². The van der Waals surface area contributed by atoms with Gasteiger partial charge < -0.3 is 23.4 Å². The lowest BCUT2D eigenvalue weighted by atomic mass is 9.90. The molecule has 17 nitrogen and oxygen atoms in total. The third-order valence-electron chi connectivity index (χ3n) is 10.1. The molecule has 0 saturated carbocycles. The average molecular weight is 743 g/mol. The first kappa shape index (κ1) is 38.5. The van der Waals surface area contributed by atoms with Crippen molar-refractivity contribution in [3.63, 3.8) is 0 Å². The van der Waals surface area contributed by atoms with Crippen molar-refractivity contribution in [3.8, 4) is 0 Å². The summed E-state index contributed by atoms with van der Waals surface area (Å²) >= 11 is 0. The molecule has 2 aromatic rings. The van der Waals surface area contributed by atoms with E-state index in [2.05, 4.69) is 43.8 Å². The van der Waals surface area contributed by atoms with Crippen LogP contribution in [0.2, 0.25) is 18.1 Å². The van der Waals surface area contributed by atoms with Gasteiger partial charge in [-0.15, -0.1) is 0 Å². The maximum atomic E-state index is 14.4. The van der Waals surface area contributed by atoms with Gasteiger partial charge in [-0.2, -0.15) is 0 Å². The highest BCUT2D eigenvalue weighted by Gasteiger charge is 2.61. The second-order valence-electron chi connectivity index (χ2n) is 14.3. The van der Waals surface area contributed by atoms with Gasteiger partial charge in [-0.3, -0.25) is 42.3 Å². The van der Waals surface area contributed by atoms with Gasteiger partial charge in [0, 0.05) is 51.8 Å². The summed E-state index contributed by atoms with van der Waals surface area (Å²) in [6.45, 7) is 11.8. The van der Waals surface area contributed by atoms with Crippen LogP contribution in [0.15, 0.2) is 55.9 Å². The van der Waals surface area contributed by atoms with Crippen LogP contribution < -0.4 is 22.5 Å². The van der Waals surface area contributed by atoms with Gasteiger partial charge in [-0.25, -0.2) is 14.2 Å². The molecule has 19 heteroatoms. The van der Waals surface area contributed by atoms with Crippen molar-refractivity contribution in [2.45, 2.75) is 101 Å². The Hall–Kier alpha value is -2.77. The fourth-order valence-electron chi connectivity index (χ4n) is 6.28. The Balaban J connectivity index is 1.60. The SMILES string of the molecule is CO[C@@H]1[C@@H]2OP(=O)(OC)OC[C@@]3(C/C=C/[C@H](C)[C@H]2O[C@H]1n1ccc(=O)[nH]c1=O)O[C@@H](n1ccc(=O)[nH]c1=O)[C@H](OC)[C@@H]3O[Si](C)(C)C(C)(C)C. The average Bonchev–Trinajstić information content (AvgIpc) is 3.53. The standard InChI is InChI=1S/C31H47N4O13PSi/c1-18-11-10-14-31(25(48-50(8,9)30(2,3)4)24(42-6)27(46-31)35-16-13-20(37)33-29(35)39)17-44-49(40,43-7)47-22-21(18)45-26(23(22)41-5)34-15-12-19(36)32-28(34)38/h10-13,15-16,18,21-27H,14,17H2,1-9H3,(H,32,36,38)(H,33,37,39)/b11-10+/t18-,21+,22+,23+,24+,25-,26+,27+,31+,49?/m0/s1. The number of fused-ring (bicyclic) bond motifs is 1. The molecule has 0 radical (unpaired) electrons. The van der Waals surface area contributed by atoms with Crippen molar-refractivity contribution in [3.05, 3.63) is 78.4 Å². The molecule has 0 bridgehead atoms. The Bertz CT molecular complexity index is 1850. The van der Waals surface area contributed by atoms with Gasteiger partial charge in [0.15, 0.2) is 20.8 Å². The van der Waals surface area contributed by atoms with E-state index in [9.17, 15) is 23.7 Å². The second kappa shape index (κ2) is 14.3. The number of phosphoric acid groups is 1. The number of rotatable bonds is 7. The Morgan fingerprint density at radius 1 is 0.920 bits per heavy atom. The second-order valence-corrected chi connectivity index (χ2v) is 20.7. The minimum Gasteiger partial charge on any atom is -0.408 e. The molecule has 3 aliphatic rings. The zero-order chi connectivity index (χ0) is 36.8. The number of phosphoric ester groups is 1. The first-order valence-electron chi connectivity index (χ1n) is 16.2. The smallest absolute Gasteiger partial charge is 0.408 e. The Labute approximate surface area is 289 Å². The van der Waals surface area contributed by atoms with Crippen LogP contribution >= 0.6 is 7.82 Å². The number of H-pyrrole nitrogens is 2. The predicted molar refractivity (Wildman–Crippen MR) is 181 cm³/mol. The molecule has 1 spiro atoms. The molecule has 5 rings (SSSR count). The van der Waals surface area contributed by atoms with E-state index in [1.807, 2.05) is 19.1 Å². The van der Waals surface area contributed by atoms with Crippen LogP contribution in [0.5, 0.6) is 0 Å². The molecule has 3 aliphatic heterocycles. The van der Waals surface area contributed by atoms with Crippen LogP contribution in [0, 0.1) is 5.92 Å². The van der Waals surface area contributed by atoms with E-state index in [0.29, 0.717) is 0 Å². The van der Waals surface area contributed by atoms with Crippen molar-refractivity contribution < 1.29 is 41.5 Å². The van der Waals surface area contributed by atoms with Crippen LogP contribution in [0.4, 0.5) is 0 Å². The zero-order valence-electron chi connectivity index (χ0n) is 29.6. The van der Waals surface area contributed by atoms with Gasteiger partial charge in [0.25, 0.3) is 11.1 Å². The summed E-state index contributed by atoms with van der Waals surface area (Å²) in [4.78, 5) is 54.0. The molecular weight excluding hydrogens is 695 g/mol. The number of nitrogens with one attached hydrogen (secondary N) is 2. The predicted octanol–water partition coefficient (Wildman–Crippen LogP) is 2.42. The highest BCUT2D eigenvalue weighted by atomic mass is 31.2. The monoisotopic (exact) mass is 742 g/mol. The van der Waals surface area contributed by atoms with Gasteiger partial charge >= 0.3 is 19.2 Å². The number of nitrogens with zero attached hydrogens (tertiary/aromatic N) is 2. The quantitative estimate of drug-likeness (QED) is 0.238. The minimum atomic E-state index is -4.46. The van der Waals surface area contributed by atoms with E-state index < -0.39 is 99.7 Å². The number of hydrogen-bond acceptors (Lipinski definition) is 13. The van der Waals surface area contributed by atoms with Gasteiger partial charge in [-0.05, 0) is 24.6 Å². The molecular formula is C31H47N4O13PSi. The number of aromatic amines is 2. The molecule has 50 heavy (non-hydrogen) atoms. The summed E-state index contributed by atoms with van der Waals surface area (Å²) < 4.78 is 66.2. The summed E-state index contributed by atoms with van der Waals surface area (Å²) in [6.07, 6.45) is -0.349. The molecule has 1 unspecified atom stereocenters. The Kier molecular flexibility index (Phi) is 11.0. The van der Waals surface area contributed by atoms with Crippen LogP contribution in [0.25, 0.3) is 0 Å².